The van der Waals surface area contributed by atoms with E-state index < -0.39 is 5.41 Å². The summed E-state index contributed by atoms with van der Waals surface area (Å²) in [6, 6.07) is 6.09. The summed E-state index contributed by atoms with van der Waals surface area (Å²) in [4.78, 5) is 27.5. The van der Waals surface area contributed by atoms with Gasteiger partial charge in [-0.25, -0.2) is 9.07 Å². The number of carbonyl (C=O) groups is 2. The Morgan fingerprint density at radius 2 is 1.72 bits per heavy atom. The van der Waals surface area contributed by atoms with Gasteiger partial charge < -0.3 is 4.74 Å². The third kappa shape index (κ3) is 4.31. The standard InChI is InChI=1S/C39H52FN3O3/c1-24-14-19-39(34(45)46-23-27-22-43(42-41-27)28-10-8-26(40)9-11-28)21-20-37(6)29(33(39)25(24)2)12-13-31-36(5)17-16-32(44)35(3,4)30(36)15-18-38(31,37)7/h8-12,22,24-25,30-31,33H,13-21,23H2,1-7H3/t24-,25+,30+,31-,33+,36+,37-,38-,39+/m1/s1. The molecule has 9 atom stereocenters. The molecule has 5 aliphatic carbocycles. The summed E-state index contributed by atoms with van der Waals surface area (Å²) in [6.45, 7) is 16.8. The van der Waals surface area contributed by atoms with E-state index in [0.717, 1.165) is 51.4 Å². The zero-order valence-electron chi connectivity index (χ0n) is 28.9. The van der Waals surface area contributed by atoms with Crippen molar-refractivity contribution in [1.29, 1.82) is 0 Å². The SMILES string of the molecule is C[C@H]1[C@H](C)CC[C@]2(C(=O)OCc3cn(-c4ccc(F)cc4)nn3)CC[C@]3(C)C(=CC[C@@H]4[C@@]5(C)CCC(=O)C(C)(C)[C@@H]5CC[C@]43C)[C@H]12. The van der Waals surface area contributed by atoms with Crippen LogP contribution in [-0.2, 0) is 20.9 Å². The zero-order valence-corrected chi connectivity index (χ0v) is 28.9. The largest absolute Gasteiger partial charge is 0.459 e. The Balaban J connectivity index is 1.18. The van der Waals surface area contributed by atoms with Crippen LogP contribution < -0.4 is 0 Å². The van der Waals surface area contributed by atoms with E-state index in [9.17, 15) is 14.0 Å². The topological polar surface area (TPSA) is 74.1 Å². The number of fused-ring (bicyclic) bond motifs is 7. The number of ketones is 1. The molecule has 4 fully saturated rings. The molecule has 1 aromatic carbocycles. The van der Waals surface area contributed by atoms with Gasteiger partial charge in [0.15, 0.2) is 0 Å². The highest BCUT2D eigenvalue weighted by atomic mass is 19.1. The van der Waals surface area contributed by atoms with Gasteiger partial charge >= 0.3 is 5.97 Å². The molecule has 0 N–H and O–H groups in total. The number of benzene rings is 1. The maximum Gasteiger partial charge on any atom is 0.313 e. The maximum absolute atomic E-state index is 14.4. The van der Waals surface area contributed by atoms with Crippen molar-refractivity contribution in [3.05, 3.63) is 53.6 Å². The fraction of sp³-hybridized carbons (Fsp3) is 0.692. The van der Waals surface area contributed by atoms with Gasteiger partial charge in [0.2, 0.25) is 0 Å². The van der Waals surface area contributed by atoms with Crippen molar-refractivity contribution in [2.24, 2.45) is 56.7 Å². The second-order valence-electron chi connectivity index (χ2n) is 17.2. The van der Waals surface area contributed by atoms with E-state index in [1.54, 1.807) is 23.0 Å². The van der Waals surface area contributed by atoms with Crippen molar-refractivity contribution < 1.29 is 18.7 Å². The number of hydrogen-bond donors (Lipinski definition) is 0. The molecule has 5 aliphatic rings. The van der Waals surface area contributed by atoms with Crippen LogP contribution in [0.25, 0.3) is 5.69 Å². The third-order valence-electron chi connectivity index (χ3n) is 15.1. The molecule has 0 saturated heterocycles. The van der Waals surface area contributed by atoms with E-state index in [2.05, 4.69) is 64.9 Å². The lowest BCUT2D eigenvalue weighted by Gasteiger charge is -2.70. The minimum Gasteiger partial charge on any atom is -0.459 e. The quantitative estimate of drug-likeness (QED) is 0.250. The smallest absolute Gasteiger partial charge is 0.313 e. The van der Waals surface area contributed by atoms with E-state index in [1.165, 1.54) is 17.7 Å². The monoisotopic (exact) mass is 629 g/mol. The van der Waals surface area contributed by atoms with E-state index in [0.29, 0.717) is 47.3 Å². The van der Waals surface area contributed by atoms with Crippen LogP contribution in [0.15, 0.2) is 42.1 Å². The summed E-state index contributed by atoms with van der Waals surface area (Å²) in [7, 11) is 0. The molecule has 0 unspecified atom stereocenters. The Morgan fingerprint density at radius 1 is 0.978 bits per heavy atom. The van der Waals surface area contributed by atoms with Gasteiger partial charge in [-0.15, -0.1) is 5.10 Å². The molecular formula is C39H52FN3O3. The van der Waals surface area contributed by atoms with Gasteiger partial charge in [0.05, 0.1) is 17.3 Å². The van der Waals surface area contributed by atoms with Crippen LogP contribution >= 0.6 is 0 Å². The number of ether oxygens (including phenoxy) is 1. The minimum atomic E-state index is -0.534. The summed E-state index contributed by atoms with van der Waals surface area (Å²) < 4.78 is 21.2. The van der Waals surface area contributed by atoms with Crippen molar-refractivity contribution in [2.75, 3.05) is 0 Å². The van der Waals surface area contributed by atoms with Crippen LogP contribution in [-0.4, -0.2) is 26.7 Å². The molecule has 0 aliphatic heterocycles. The van der Waals surface area contributed by atoms with Crippen LogP contribution in [0.2, 0.25) is 0 Å². The third-order valence-corrected chi connectivity index (χ3v) is 15.1. The summed E-state index contributed by atoms with van der Waals surface area (Å²) in [5, 5.41) is 8.45. The van der Waals surface area contributed by atoms with Crippen molar-refractivity contribution in [2.45, 2.75) is 113 Å². The molecule has 0 radical (unpaired) electrons. The zero-order chi connectivity index (χ0) is 32.9. The van der Waals surface area contributed by atoms with Crippen LogP contribution in [0.5, 0.6) is 0 Å². The predicted octanol–water partition coefficient (Wildman–Crippen LogP) is 8.68. The Hall–Kier alpha value is -2.83. The number of carbonyl (C=O) groups excluding carboxylic acids is 2. The van der Waals surface area contributed by atoms with Gasteiger partial charge in [0.25, 0.3) is 0 Å². The fourth-order valence-electron chi connectivity index (χ4n) is 12.0. The summed E-state index contributed by atoms with van der Waals surface area (Å²) in [6.07, 6.45) is 13.0. The van der Waals surface area contributed by atoms with E-state index in [1.807, 2.05) is 0 Å². The number of esters is 1. The first-order valence-corrected chi connectivity index (χ1v) is 17.8. The summed E-state index contributed by atoms with van der Waals surface area (Å²) in [5.74, 6) is 2.07. The van der Waals surface area contributed by atoms with Crippen molar-refractivity contribution in [3.63, 3.8) is 0 Å². The molecule has 248 valence electrons. The summed E-state index contributed by atoms with van der Waals surface area (Å²) in [5.41, 5.74) is 2.27. The van der Waals surface area contributed by atoms with Gasteiger partial charge in [0.1, 0.15) is 23.9 Å². The Labute approximate surface area is 273 Å². The number of aromatic nitrogens is 3. The molecule has 1 aromatic heterocycles. The highest BCUT2D eigenvalue weighted by molar-refractivity contribution is 5.85. The van der Waals surface area contributed by atoms with E-state index in [4.69, 9.17) is 4.74 Å². The molecule has 0 amide bonds. The average molecular weight is 630 g/mol. The highest BCUT2D eigenvalue weighted by Crippen LogP contribution is 2.75. The lowest BCUT2D eigenvalue weighted by molar-refractivity contribution is -0.193. The maximum atomic E-state index is 14.4. The highest BCUT2D eigenvalue weighted by Gasteiger charge is 2.69. The number of halogens is 1. The number of rotatable bonds is 4. The molecule has 7 rings (SSSR count). The van der Waals surface area contributed by atoms with Gasteiger partial charge in [-0.3, -0.25) is 9.59 Å². The van der Waals surface area contributed by atoms with Crippen molar-refractivity contribution >= 4 is 11.8 Å². The van der Waals surface area contributed by atoms with E-state index >= 15 is 0 Å². The van der Waals surface area contributed by atoms with Crippen LogP contribution in [0.1, 0.15) is 112 Å². The number of hydrogen-bond acceptors (Lipinski definition) is 5. The molecule has 7 heteroatoms. The lowest BCUT2D eigenvalue weighted by atomic mass is 9.33. The summed E-state index contributed by atoms with van der Waals surface area (Å²) >= 11 is 0. The van der Waals surface area contributed by atoms with Gasteiger partial charge in [-0.2, -0.15) is 0 Å². The minimum absolute atomic E-state index is 0.00706. The molecule has 4 saturated carbocycles. The number of allylic oxidation sites excluding steroid dienone is 2. The number of Topliss-reactive ketones (excluding diaryl/α,β-unsaturated/α-hetero) is 1. The first-order chi connectivity index (χ1) is 21.7. The average Bonchev–Trinajstić information content (AvgIpc) is 3.49. The van der Waals surface area contributed by atoms with E-state index in [-0.39, 0.29) is 46.0 Å². The molecule has 2 aromatic rings. The second kappa shape index (κ2) is 10.6. The molecule has 0 bridgehead atoms. The predicted molar refractivity (Wildman–Crippen MR) is 175 cm³/mol. The van der Waals surface area contributed by atoms with Crippen molar-refractivity contribution in [1.82, 2.24) is 15.0 Å². The molecule has 46 heavy (non-hydrogen) atoms. The first-order valence-electron chi connectivity index (χ1n) is 17.8. The van der Waals surface area contributed by atoms with Gasteiger partial charge in [0, 0.05) is 11.8 Å². The van der Waals surface area contributed by atoms with Crippen molar-refractivity contribution in [3.8, 4) is 5.69 Å². The Kier molecular flexibility index (Phi) is 7.31. The number of nitrogens with zero attached hydrogens (tertiary/aromatic N) is 3. The molecule has 0 spiro atoms. The molecular weight excluding hydrogens is 577 g/mol. The van der Waals surface area contributed by atoms with Gasteiger partial charge in [-0.05, 0) is 121 Å². The van der Waals surface area contributed by atoms with Crippen LogP contribution in [0, 0.1) is 62.5 Å². The molecule has 1 heterocycles. The lowest BCUT2D eigenvalue weighted by Crippen LogP contribution is -2.65. The van der Waals surface area contributed by atoms with Crippen LogP contribution in [0.4, 0.5) is 4.39 Å². The van der Waals surface area contributed by atoms with Crippen LogP contribution in [0.3, 0.4) is 0 Å². The Bertz CT molecular complexity index is 1580. The normalized spacial score (nSPS) is 41.3. The first kappa shape index (κ1) is 31.8. The fourth-order valence-corrected chi connectivity index (χ4v) is 12.0. The van der Waals surface area contributed by atoms with Gasteiger partial charge in [-0.1, -0.05) is 65.3 Å². The second-order valence-corrected chi connectivity index (χ2v) is 17.2. The Morgan fingerprint density at radius 3 is 2.46 bits per heavy atom. The molecule has 6 nitrogen and oxygen atoms in total.